The highest BCUT2D eigenvalue weighted by molar-refractivity contribution is 7.91. The first-order valence-corrected chi connectivity index (χ1v) is 10.6. The Labute approximate surface area is 173 Å². The minimum atomic E-state index is -4.66. The summed E-state index contributed by atoms with van der Waals surface area (Å²) in [5.41, 5.74) is -2.27. The van der Waals surface area contributed by atoms with Crippen LogP contribution in [0.4, 0.5) is 26.3 Å². The third-order valence-corrected chi connectivity index (χ3v) is 6.75. The molecule has 0 aliphatic heterocycles. The molecule has 0 saturated heterocycles. The van der Waals surface area contributed by atoms with Gasteiger partial charge in [0.2, 0.25) is 0 Å². The molecular formula is C19H16F6N2O3S. The lowest BCUT2D eigenvalue weighted by molar-refractivity contribution is -0.141. The summed E-state index contributed by atoms with van der Waals surface area (Å²) < 4.78 is 101. The van der Waals surface area contributed by atoms with Crippen molar-refractivity contribution in [2.75, 3.05) is 5.75 Å². The fourth-order valence-electron chi connectivity index (χ4n) is 3.23. The van der Waals surface area contributed by atoms with E-state index in [2.05, 4.69) is 10.3 Å². The number of alkyl halides is 6. The van der Waals surface area contributed by atoms with E-state index in [4.69, 9.17) is 0 Å². The van der Waals surface area contributed by atoms with Gasteiger partial charge in [-0.05, 0) is 49.1 Å². The van der Waals surface area contributed by atoms with Crippen LogP contribution < -0.4 is 5.32 Å². The molecule has 1 fully saturated rings. The van der Waals surface area contributed by atoms with Crippen molar-refractivity contribution >= 4 is 15.7 Å². The van der Waals surface area contributed by atoms with Crippen LogP contribution in [0.25, 0.3) is 0 Å². The molecule has 1 N–H and O–H groups in total. The van der Waals surface area contributed by atoms with Crippen molar-refractivity contribution in [1.82, 2.24) is 10.3 Å². The summed E-state index contributed by atoms with van der Waals surface area (Å²) in [5, 5.41) is 2.57. The van der Waals surface area contributed by atoms with Gasteiger partial charge in [0.1, 0.15) is 5.69 Å². The van der Waals surface area contributed by atoms with Crippen LogP contribution in [0.15, 0.2) is 47.5 Å². The molecule has 1 aliphatic rings. The van der Waals surface area contributed by atoms with Crippen LogP contribution in [0.5, 0.6) is 0 Å². The number of hydrogen-bond acceptors (Lipinski definition) is 4. The van der Waals surface area contributed by atoms with Gasteiger partial charge in [-0.1, -0.05) is 6.07 Å². The molecule has 168 valence electrons. The summed E-state index contributed by atoms with van der Waals surface area (Å²) in [4.78, 5) is 14.9. The van der Waals surface area contributed by atoms with Gasteiger partial charge < -0.3 is 5.32 Å². The second kappa shape index (κ2) is 8.13. The van der Waals surface area contributed by atoms with Crippen molar-refractivity contribution in [1.29, 1.82) is 0 Å². The Hall–Kier alpha value is -2.63. The topological polar surface area (TPSA) is 76.1 Å². The molecule has 1 heterocycles. The predicted molar refractivity (Wildman–Crippen MR) is 96.7 cm³/mol. The van der Waals surface area contributed by atoms with Crippen LogP contribution in [0.1, 0.15) is 34.5 Å². The van der Waals surface area contributed by atoms with Gasteiger partial charge in [-0.15, -0.1) is 0 Å². The number of sulfone groups is 1. The van der Waals surface area contributed by atoms with E-state index >= 15 is 0 Å². The second-order valence-corrected chi connectivity index (χ2v) is 9.28. The van der Waals surface area contributed by atoms with E-state index in [1.165, 1.54) is 0 Å². The normalized spacial score (nSPS) is 19.5. The van der Waals surface area contributed by atoms with E-state index in [9.17, 15) is 39.6 Å². The highest BCUT2D eigenvalue weighted by Crippen LogP contribution is 2.34. The Morgan fingerprint density at radius 2 is 1.71 bits per heavy atom. The molecule has 1 aromatic heterocycles. The van der Waals surface area contributed by atoms with E-state index in [0.717, 1.165) is 30.5 Å². The minimum Gasteiger partial charge on any atom is -0.349 e. The largest absolute Gasteiger partial charge is 0.433 e. The Kier molecular flexibility index (Phi) is 6.05. The van der Waals surface area contributed by atoms with Crippen molar-refractivity contribution in [3.63, 3.8) is 0 Å². The van der Waals surface area contributed by atoms with Crippen LogP contribution in [-0.4, -0.2) is 31.1 Å². The molecule has 31 heavy (non-hydrogen) atoms. The number of aromatic nitrogens is 1. The maximum absolute atomic E-state index is 12.8. The van der Waals surface area contributed by atoms with Crippen molar-refractivity contribution in [3.05, 3.63) is 59.4 Å². The molecule has 1 aliphatic carbocycles. The highest BCUT2D eigenvalue weighted by atomic mass is 32.2. The van der Waals surface area contributed by atoms with Crippen molar-refractivity contribution in [3.8, 4) is 0 Å². The first-order chi connectivity index (χ1) is 14.3. The summed E-state index contributed by atoms with van der Waals surface area (Å²) in [6.07, 6.45) is -7.94. The lowest BCUT2D eigenvalue weighted by atomic mass is 9.81. The number of rotatable bonds is 5. The van der Waals surface area contributed by atoms with Gasteiger partial charge in [-0.25, -0.2) is 8.42 Å². The first-order valence-electron chi connectivity index (χ1n) is 9.00. The zero-order valence-corrected chi connectivity index (χ0v) is 16.5. The number of benzene rings is 1. The van der Waals surface area contributed by atoms with Gasteiger partial charge >= 0.3 is 12.4 Å². The number of nitrogens with one attached hydrogen (secondary N) is 1. The SMILES string of the molecule is O=C(N[C@H]1C[C@H](CS(=O)(=O)c2cccc(C(F)(F)F)c2)C1)c1ccc(C(F)(F)F)nc1. The number of carbonyl (C=O) groups is 1. The van der Waals surface area contributed by atoms with Gasteiger partial charge in [0.05, 0.1) is 21.8 Å². The number of pyridine rings is 1. The van der Waals surface area contributed by atoms with Gasteiger partial charge in [0.15, 0.2) is 9.84 Å². The van der Waals surface area contributed by atoms with E-state index < -0.39 is 50.3 Å². The van der Waals surface area contributed by atoms with Crippen molar-refractivity contribution in [2.45, 2.75) is 36.1 Å². The molecule has 3 rings (SSSR count). The number of carbonyl (C=O) groups excluding carboxylic acids is 1. The van der Waals surface area contributed by atoms with Gasteiger partial charge in [-0.3, -0.25) is 9.78 Å². The Morgan fingerprint density at radius 1 is 1.03 bits per heavy atom. The van der Waals surface area contributed by atoms with Crippen LogP contribution in [0, 0.1) is 5.92 Å². The molecule has 12 heteroatoms. The van der Waals surface area contributed by atoms with Crippen LogP contribution >= 0.6 is 0 Å². The van der Waals surface area contributed by atoms with Crippen molar-refractivity contribution in [2.24, 2.45) is 5.92 Å². The van der Waals surface area contributed by atoms with Crippen LogP contribution in [-0.2, 0) is 22.2 Å². The predicted octanol–water partition coefficient (Wildman–Crippen LogP) is 4.10. The Morgan fingerprint density at radius 3 is 2.26 bits per heavy atom. The molecule has 0 spiro atoms. The summed E-state index contributed by atoms with van der Waals surface area (Å²) >= 11 is 0. The average molecular weight is 466 g/mol. The fourth-order valence-corrected chi connectivity index (χ4v) is 4.90. The minimum absolute atomic E-state index is 0.0759. The molecule has 1 saturated carbocycles. The summed E-state index contributed by atoms with van der Waals surface area (Å²) in [5.74, 6) is -1.39. The molecule has 0 bridgehead atoms. The Balaban J connectivity index is 1.55. The zero-order valence-electron chi connectivity index (χ0n) is 15.7. The summed E-state index contributed by atoms with van der Waals surface area (Å²) in [6, 6.07) is 4.77. The fraction of sp³-hybridized carbons (Fsp3) is 0.368. The Bertz CT molecular complexity index is 1060. The van der Waals surface area contributed by atoms with E-state index in [1.807, 2.05) is 0 Å². The van der Waals surface area contributed by atoms with E-state index in [1.54, 1.807) is 0 Å². The molecule has 1 amide bonds. The monoisotopic (exact) mass is 466 g/mol. The first kappa shape index (κ1) is 23.0. The van der Waals surface area contributed by atoms with Crippen molar-refractivity contribution < 1.29 is 39.6 Å². The van der Waals surface area contributed by atoms with Gasteiger partial charge in [-0.2, -0.15) is 26.3 Å². The number of halogens is 6. The maximum Gasteiger partial charge on any atom is 0.433 e. The smallest absolute Gasteiger partial charge is 0.349 e. The third-order valence-electron chi connectivity index (χ3n) is 4.86. The molecule has 0 unspecified atom stereocenters. The maximum atomic E-state index is 12.8. The van der Waals surface area contributed by atoms with Crippen LogP contribution in [0.2, 0.25) is 0 Å². The quantitative estimate of drug-likeness (QED) is 0.674. The standard InChI is InChI=1S/C19H16F6N2O3S/c20-18(21,22)13-2-1-3-15(8-13)31(29,30)10-11-6-14(7-11)27-17(28)12-4-5-16(26-9-12)19(23,24)25/h1-5,8-9,11,14H,6-7,10H2,(H,27,28)/t11-,14-. The molecule has 5 nitrogen and oxygen atoms in total. The van der Waals surface area contributed by atoms with Crippen LogP contribution in [0.3, 0.4) is 0 Å². The van der Waals surface area contributed by atoms with Gasteiger partial charge in [0.25, 0.3) is 5.91 Å². The van der Waals surface area contributed by atoms with Gasteiger partial charge in [0, 0.05) is 12.2 Å². The highest BCUT2D eigenvalue weighted by Gasteiger charge is 2.36. The molecule has 2 aromatic rings. The zero-order chi connectivity index (χ0) is 23.0. The van der Waals surface area contributed by atoms with E-state index in [-0.39, 0.29) is 30.1 Å². The number of nitrogens with zero attached hydrogens (tertiary/aromatic N) is 1. The molecule has 1 aromatic carbocycles. The second-order valence-electron chi connectivity index (χ2n) is 7.24. The lowest BCUT2D eigenvalue weighted by Gasteiger charge is -2.35. The average Bonchev–Trinajstić information content (AvgIpc) is 2.65. The van der Waals surface area contributed by atoms with E-state index in [0.29, 0.717) is 12.1 Å². The number of hydrogen-bond donors (Lipinski definition) is 1. The third kappa shape index (κ3) is 5.54. The molecule has 0 atom stereocenters. The molecule has 0 radical (unpaired) electrons. The summed E-state index contributed by atoms with van der Waals surface area (Å²) in [7, 11) is -3.96. The lowest BCUT2D eigenvalue weighted by Crippen LogP contribution is -2.46. The molecular weight excluding hydrogens is 450 g/mol. The summed E-state index contributed by atoms with van der Waals surface area (Å²) in [6.45, 7) is 0. The number of amides is 1.